The van der Waals surface area contributed by atoms with Crippen molar-refractivity contribution in [1.29, 1.82) is 0 Å². The fourth-order valence-corrected chi connectivity index (χ4v) is 4.74. The Balaban J connectivity index is 1.69. The third-order valence-corrected chi connectivity index (χ3v) is 6.81. The Morgan fingerprint density at radius 2 is 1.78 bits per heavy atom. The van der Waals surface area contributed by atoms with Crippen LogP contribution >= 0.6 is 0 Å². The number of carbonyl (C=O) groups is 1. The summed E-state index contributed by atoms with van der Waals surface area (Å²) in [4.78, 5) is 22.0. The first-order valence-electron chi connectivity index (χ1n) is 9.22. The average molecular weight is 476 g/mol. The largest absolute Gasteiger partial charge is 0.419 e. The molecule has 0 spiro atoms. The van der Waals surface area contributed by atoms with Crippen molar-refractivity contribution < 1.29 is 40.4 Å². The van der Waals surface area contributed by atoms with Crippen LogP contribution in [0.4, 0.5) is 23.2 Å². The Labute approximate surface area is 179 Å². The molecule has 0 unspecified atom stereocenters. The van der Waals surface area contributed by atoms with Gasteiger partial charge in [0.2, 0.25) is 15.8 Å². The van der Waals surface area contributed by atoms with Crippen LogP contribution in [0.1, 0.15) is 18.4 Å². The lowest BCUT2D eigenvalue weighted by Crippen LogP contribution is -2.41. The van der Waals surface area contributed by atoms with E-state index in [4.69, 9.17) is 4.74 Å². The Bertz CT molecular complexity index is 1140. The van der Waals surface area contributed by atoms with E-state index >= 15 is 0 Å². The summed E-state index contributed by atoms with van der Waals surface area (Å²) in [5, 5.41) is 11.0. The quantitative estimate of drug-likeness (QED) is 0.214. The van der Waals surface area contributed by atoms with Crippen LogP contribution in [0.5, 0.6) is 5.75 Å². The number of carbonyl (C=O) groups excluding carboxylic acids is 1. The van der Waals surface area contributed by atoms with Gasteiger partial charge in [-0.25, -0.2) is 12.8 Å². The zero-order chi connectivity index (χ0) is 23.7. The van der Waals surface area contributed by atoms with Crippen molar-refractivity contribution in [2.45, 2.75) is 23.9 Å². The van der Waals surface area contributed by atoms with Gasteiger partial charge in [0.1, 0.15) is 5.82 Å². The summed E-state index contributed by atoms with van der Waals surface area (Å²) in [5.74, 6) is -3.14. The minimum absolute atomic E-state index is 0.0276. The summed E-state index contributed by atoms with van der Waals surface area (Å²) in [5.41, 5.74) is -1.71. The van der Waals surface area contributed by atoms with Gasteiger partial charge in [0.25, 0.3) is 0 Å². The van der Waals surface area contributed by atoms with Crippen molar-refractivity contribution >= 4 is 21.7 Å². The molecular weight excluding hydrogens is 460 g/mol. The first kappa shape index (κ1) is 23.6. The number of ether oxygens (including phenoxy) is 1. The summed E-state index contributed by atoms with van der Waals surface area (Å²) < 4.78 is 83.4. The molecule has 13 heteroatoms. The van der Waals surface area contributed by atoms with E-state index in [2.05, 4.69) is 0 Å². The number of hydrogen-bond acceptors (Lipinski definition) is 6. The molecule has 32 heavy (non-hydrogen) atoms. The lowest BCUT2D eigenvalue weighted by atomic mass is 9.98. The molecule has 0 amide bonds. The summed E-state index contributed by atoms with van der Waals surface area (Å²) in [7, 11) is -4.23. The SMILES string of the molecule is O=C(Oc1cc(F)ccc1[N+](=O)[O-])C1CCN(S(=O)(=O)c2cccc(C(F)(F)F)c2)CC1. The molecule has 0 saturated carbocycles. The number of piperidine rings is 1. The topological polar surface area (TPSA) is 107 Å². The van der Waals surface area contributed by atoms with Gasteiger partial charge in [-0.3, -0.25) is 14.9 Å². The minimum Gasteiger partial charge on any atom is -0.419 e. The van der Waals surface area contributed by atoms with Crippen LogP contribution in [-0.2, 0) is 21.0 Å². The van der Waals surface area contributed by atoms with Crippen molar-refractivity contribution in [2.24, 2.45) is 5.92 Å². The van der Waals surface area contributed by atoms with Gasteiger partial charge >= 0.3 is 17.8 Å². The molecule has 0 aromatic heterocycles. The second-order valence-electron chi connectivity index (χ2n) is 6.99. The number of nitro groups is 1. The van der Waals surface area contributed by atoms with Gasteiger partial charge in [-0.1, -0.05) is 6.07 Å². The van der Waals surface area contributed by atoms with Crippen molar-refractivity contribution in [1.82, 2.24) is 4.31 Å². The van der Waals surface area contributed by atoms with E-state index in [1.165, 1.54) is 0 Å². The van der Waals surface area contributed by atoms with E-state index in [1.54, 1.807) is 0 Å². The number of benzene rings is 2. The Morgan fingerprint density at radius 3 is 2.38 bits per heavy atom. The number of nitro benzene ring substituents is 1. The predicted molar refractivity (Wildman–Crippen MR) is 102 cm³/mol. The zero-order valence-electron chi connectivity index (χ0n) is 16.2. The minimum atomic E-state index is -4.71. The number of alkyl halides is 3. The molecule has 1 heterocycles. The van der Waals surface area contributed by atoms with Gasteiger partial charge in [0.05, 0.1) is 21.3 Å². The van der Waals surface area contributed by atoms with Crippen LogP contribution in [0.15, 0.2) is 47.4 Å². The Hall–Kier alpha value is -3.06. The normalized spacial score (nSPS) is 16.0. The van der Waals surface area contributed by atoms with Crippen LogP contribution in [0.3, 0.4) is 0 Å². The van der Waals surface area contributed by atoms with E-state index in [1.807, 2.05) is 0 Å². The van der Waals surface area contributed by atoms with E-state index in [9.17, 15) is 40.9 Å². The van der Waals surface area contributed by atoms with Crippen molar-refractivity contribution in [3.05, 3.63) is 64.0 Å². The third-order valence-electron chi connectivity index (χ3n) is 4.92. The monoisotopic (exact) mass is 476 g/mol. The van der Waals surface area contributed by atoms with Crippen LogP contribution < -0.4 is 4.74 Å². The molecule has 0 aliphatic carbocycles. The lowest BCUT2D eigenvalue weighted by molar-refractivity contribution is -0.385. The molecule has 1 saturated heterocycles. The van der Waals surface area contributed by atoms with Crippen LogP contribution in [-0.4, -0.2) is 36.7 Å². The summed E-state index contributed by atoms with van der Waals surface area (Å²) >= 11 is 0. The average Bonchev–Trinajstić information content (AvgIpc) is 2.73. The molecule has 0 radical (unpaired) electrons. The number of rotatable bonds is 5. The smallest absolute Gasteiger partial charge is 0.416 e. The second-order valence-corrected chi connectivity index (χ2v) is 8.93. The van der Waals surface area contributed by atoms with E-state index in [-0.39, 0.29) is 25.9 Å². The highest BCUT2D eigenvalue weighted by molar-refractivity contribution is 7.89. The van der Waals surface area contributed by atoms with Crippen LogP contribution in [0.25, 0.3) is 0 Å². The first-order chi connectivity index (χ1) is 14.9. The molecular formula is C19H16F4N2O6S. The number of hydrogen-bond donors (Lipinski definition) is 0. The highest BCUT2D eigenvalue weighted by Crippen LogP contribution is 2.33. The van der Waals surface area contributed by atoms with Crippen molar-refractivity contribution in [2.75, 3.05) is 13.1 Å². The van der Waals surface area contributed by atoms with Gasteiger partial charge in [-0.05, 0) is 37.1 Å². The fourth-order valence-electron chi connectivity index (χ4n) is 3.23. The second kappa shape index (κ2) is 8.82. The van der Waals surface area contributed by atoms with Gasteiger partial charge < -0.3 is 4.74 Å². The molecule has 1 aliphatic heterocycles. The van der Waals surface area contributed by atoms with E-state index < -0.39 is 60.7 Å². The number of nitrogens with zero attached hydrogens (tertiary/aromatic N) is 2. The summed E-state index contributed by atoms with van der Waals surface area (Å²) in [6.07, 6.45) is -4.76. The van der Waals surface area contributed by atoms with Gasteiger partial charge in [-0.2, -0.15) is 17.5 Å². The molecule has 3 rings (SSSR count). The molecule has 8 nitrogen and oxygen atoms in total. The van der Waals surface area contributed by atoms with Gasteiger partial charge in [0, 0.05) is 25.2 Å². The number of sulfonamides is 1. The zero-order valence-corrected chi connectivity index (χ0v) is 17.0. The maximum absolute atomic E-state index is 13.4. The first-order valence-corrected chi connectivity index (χ1v) is 10.7. The number of halogens is 4. The molecule has 0 bridgehead atoms. The molecule has 1 aliphatic rings. The maximum Gasteiger partial charge on any atom is 0.416 e. The fraction of sp³-hybridized carbons (Fsp3) is 0.316. The standard InChI is InChI=1S/C19H16F4N2O6S/c20-14-4-5-16(25(27)28)17(11-14)31-18(26)12-6-8-24(9-7-12)32(29,30)15-3-1-2-13(10-15)19(21,22)23/h1-5,10-12H,6-9H2. The van der Waals surface area contributed by atoms with E-state index in [0.717, 1.165) is 34.6 Å². The summed E-state index contributed by atoms with van der Waals surface area (Å²) in [6, 6.07) is 5.73. The van der Waals surface area contributed by atoms with Gasteiger partial charge in [0.15, 0.2) is 0 Å². The highest BCUT2D eigenvalue weighted by Gasteiger charge is 2.36. The molecule has 1 fully saturated rings. The van der Waals surface area contributed by atoms with Crippen LogP contribution in [0.2, 0.25) is 0 Å². The predicted octanol–water partition coefficient (Wildman–Crippen LogP) is 3.76. The molecule has 2 aromatic carbocycles. The van der Waals surface area contributed by atoms with Crippen molar-refractivity contribution in [3.63, 3.8) is 0 Å². The lowest BCUT2D eigenvalue weighted by Gasteiger charge is -2.30. The molecule has 172 valence electrons. The molecule has 2 aromatic rings. The maximum atomic E-state index is 13.4. The number of esters is 1. The highest BCUT2D eigenvalue weighted by atomic mass is 32.2. The van der Waals surface area contributed by atoms with E-state index in [0.29, 0.717) is 12.1 Å². The Morgan fingerprint density at radius 1 is 1.12 bits per heavy atom. The molecule has 0 N–H and O–H groups in total. The Kier molecular flexibility index (Phi) is 6.51. The third kappa shape index (κ3) is 5.05. The van der Waals surface area contributed by atoms with Crippen LogP contribution in [0, 0.1) is 21.8 Å². The van der Waals surface area contributed by atoms with Crippen molar-refractivity contribution in [3.8, 4) is 5.75 Å². The molecule has 0 atom stereocenters. The van der Waals surface area contributed by atoms with Gasteiger partial charge in [-0.15, -0.1) is 0 Å². The summed E-state index contributed by atoms with van der Waals surface area (Å²) in [6.45, 7) is -0.354.